The largest absolute Gasteiger partial charge is 0.491 e. The van der Waals surface area contributed by atoms with Gasteiger partial charge in [-0.2, -0.15) is 0 Å². The summed E-state index contributed by atoms with van der Waals surface area (Å²) in [5, 5.41) is 9.09. The molecule has 0 amide bonds. The fourth-order valence-electron chi connectivity index (χ4n) is 3.35. The fourth-order valence-corrected chi connectivity index (χ4v) is 3.35. The second-order valence-electron chi connectivity index (χ2n) is 7.48. The molecule has 0 saturated heterocycles. The number of ether oxygens (including phenoxy) is 2. The maximum Gasteiger partial charge on any atom is 0.333 e. The lowest BCUT2D eigenvalue weighted by Crippen LogP contribution is -2.08. The zero-order valence-corrected chi connectivity index (χ0v) is 18.1. The number of esters is 1. The Morgan fingerprint density at radius 2 is 1.72 bits per heavy atom. The van der Waals surface area contributed by atoms with Gasteiger partial charge in [0.2, 0.25) is 0 Å². The third-order valence-corrected chi connectivity index (χ3v) is 4.97. The Hall–Kier alpha value is -3.44. The smallest absolute Gasteiger partial charge is 0.333 e. The first kappa shape index (κ1) is 23.2. The first-order valence-electron chi connectivity index (χ1n) is 10.5. The van der Waals surface area contributed by atoms with Gasteiger partial charge in [0.05, 0.1) is 13.2 Å². The normalized spacial score (nSPS) is 10.6. The Labute approximate surface area is 187 Å². The second kappa shape index (κ2) is 11.3. The molecule has 0 aliphatic heterocycles. The van der Waals surface area contributed by atoms with Crippen LogP contribution in [0.25, 0.3) is 22.3 Å². The summed E-state index contributed by atoms with van der Waals surface area (Å²) in [5.41, 5.74) is 4.20. The molecule has 0 bridgehead atoms. The maximum absolute atomic E-state index is 15.0. The van der Waals surface area contributed by atoms with Crippen molar-refractivity contribution in [2.24, 2.45) is 0 Å². The molecule has 0 atom stereocenters. The molecular formula is C27H27FO4. The SMILES string of the molecule is C=C(C)C(=O)OCCCc1cc(-c2ccc(-c3ccccc3)cc2F)ccc1OCCO. The molecule has 1 N–H and O–H groups in total. The van der Waals surface area contributed by atoms with Crippen molar-refractivity contribution in [3.63, 3.8) is 0 Å². The molecule has 0 aliphatic rings. The van der Waals surface area contributed by atoms with Crippen LogP contribution in [0.5, 0.6) is 5.75 Å². The minimum absolute atomic E-state index is 0.104. The number of aliphatic hydroxyl groups excluding tert-OH is 1. The zero-order chi connectivity index (χ0) is 22.9. The van der Waals surface area contributed by atoms with Gasteiger partial charge in [0.25, 0.3) is 0 Å². The Morgan fingerprint density at radius 3 is 2.41 bits per heavy atom. The van der Waals surface area contributed by atoms with Gasteiger partial charge in [0, 0.05) is 11.1 Å². The van der Waals surface area contributed by atoms with Crippen LogP contribution in [0.2, 0.25) is 0 Å². The lowest BCUT2D eigenvalue weighted by atomic mass is 9.97. The first-order chi connectivity index (χ1) is 15.5. The molecule has 3 rings (SSSR count). The topological polar surface area (TPSA) is 55.8 Å². The lowest BCUT2D eigenvalue weighted by molar-refractivity contribution is -0.139. The highest BCUT2D eigenvalue weighted by Crippen LogP contribution is 2.31. The van der Waals surface area contributed by atoms with Crippen LogP contribution in [0.4, 0.5) is 4.39 Å². The summed E-state index contributed by atoms with van der Waals surface area (Å²) < 4.78 is 25.8. The number of benzene rings is 3. The summed E-state index contributed by atoms with van der Waals surface area (Å²) in [7, 11) is 0. The number of halogens is 1. The van der Waals surface area contributed by atoms with Crippen molar-refractivity contribution in [2.45, 2.75) is 19.8 Å². The molecule has 0 saturated carbocycles. The summed E-state index contributed by atoms with van der Waals surface area (Å²) in [6, 6.07) is 20.4. The van der Waals surface area contributed by atoms with Crippen LogP contribution >= 0.6 is 0 Å². The molecule has 4 nitrogen and oxygen atoms in total. The average Bonchev–Trinajstić information content (AvgIpc) is 2.81. The summed E-state index contributed by atoms with van der Waals surface area (Å²) in [6.07, 6.45) is 1.15. The van der Waals surface area contributed by atoms with Gasteiger partial charge >= 0.3 is 5.97 Å². The number of hydrogen-bond acceptors (Lipinski definition) is 4. The molecule has 0 aliphatic carbocycles. The van der Waals surface area contributed by atoms with Gasteiger partial charge < -0.3 is 14.6 Å². The van der Waals surface area contributed by atoms with Crippen molar-refractivity contribution in [3.8, 4) is 28.0 Å². The van der Waals surface area contributed by atoms with Crippen LogP contribution in [0.3, 0.4) is 0 Å². The Morgan fingerprint density at radius 1 is 0.969 bits per heavy atom. The van der Waals surface area contributed by atoms with Crippen molar-refractivity contribution < 1.29 is 23.8 Å². The molecule has 0 spiro atoms. The summed E-state index contributed by atoms with van der Waals surface area (Å²) >= 11 is 0. The minimum atomic E-state index is -0.420. The van der Waals surface area contributed by atoms with Crippen molar-refractivity contribution in [3.05, 3.63) is 90.3 Å². The van der Waals surface area contributed by atoms with Crippen molar-refractivity contribution in [1.29, 1.82) is 0 Å². The van der Waals surface area contributed by atoms with Crippen molar-refractivity contribution in [2.75, 3.05) is 19.8 Å². The first-order valence-corrected chi connectivity index (χ1v) is 10.5. The Kier molecular flexibility index (Phi) is 8.17. The number of aliphatic hydroxyl groups is 1. The van der Waals surface area contributed by atoms with Crippen LogP contribution in [-0.4, -0.2) is 30.9 Å². The van der Waals surface area contributed by atoms with Gasteiger partial charge in [0.15, 0.2) is 0 Å². The summed E-state index contributed by atoms with van der Waals surface area (Å²) in [6.45, 7) is 5.47. The predicted molar refractivity (Wildman–Crippen MR) is 124 cm³/mol. The van der Waals surface area contributed by atoms with Gasteiger partial charge in [-0.15, -0.1) is 0 Å². The number of carbonyl (C=O) groups excluding carboxylic acids is 1. The van der Waals surface area contributed by atoms with Gasteiger partial charge in [0.1, 0.15) is 18.2 Å². The lowest BCUT2D eigenvalue weighted by Gasteiger charge is -2.14. The minimum Gasteiger partial charge on any atom is -0.491 e. The molecule has 0 aromatic heterocycles. The molecule has 0 unspecified atom stereocenters. The van der Waals surface area contributed by atoms with Crippen LogP contribution in [0, 0.1) is 5.82 Å². The van der Waals surface area contributed by atoms with Crippen LogP contribution < -0.4 is 4.74 Å². The van der Waals surface area contributed by atoms with Gasteiger partial charge in [-0.25, -0.2) is 9.18 Å². The molecule has 32 heavy (non-hydrogen) atoms. The highest BCUT2D eigenvalue weighted by Gasteiger charge is 2.12. The van der Waals surface area contributed by atoms with E-state index >= 15 is 0 Å². The van der Waals surface area contributed by atoms with E-state index in [2.05, 4.69) is 6.58 Å². The fraction of sp³-hybridized carbons (Fsp3) is 0.222. The van der Waals surface area contributed by atoms with Crippen LogP contribution in [0.15, 0.2) is 78.9 Å². The zero-order valence-electron chi connectivity index (χ0n) is 18.1. The number of aryl methyl sites for hydroxylation is 1. The summed E-state index contributed by atoms with van der Waals surface area (Å²) in [4.78, 5) is 11.6. The maximum atomic E-state index is 15.0. The highest BCUT2D eigenvalue weighted by atomic mass is 19.1. The third kappa shape index (κ3) is 6.05. The van der Waals surface area contributed by atoms with Crippen LogP contribution in [-0.2, 0) is 16.0 Å². The Balaban J connectivity index is 1.81. The van der Waals surface area contributed by atoms with E-state index in [1.54, 1.807) is 25.1 Å². The van der Waals surface area contributed by atoms with E-state index in [4.69, 9.17) is 14.6 Å². The summed E-state index contributed by atoms with van der Waals surface area (Å²) in [5.74, 6) is -0.108. The van der Waals surface area contributed by atoms with E-state index < -0.39 is 5.97 Å². The van der Waals surface area contributed by atoms with E-state index in [9.17, 15) is 9.18 Å². The van der Waals surface area contributed by atoms with Gasteiger partial charge in [-0.05, 0) is 60.2 Å². The number of rotatable bonds is 10. The molecule has 0 fully saturated rings. The quantitative estimate of drug-likeness (QED) is 0.257. The standard InChI is InChI=1S/C27H27FO4/c1-19(2)27(30)32-15-6-9-23-17-22(11-13-26(23)31-16-14-29)24-12-10-21(18-25(24)28)20-7-4-3-5-8-20/h3-5,7-8,10-13,17-18,29H,1,6,9,14-16H2,2H3. The highest BCUT2D eigenvalue weighted by molar-refractivity contribution is 5.86. The second-order valence-corrected chi connectivity index (χ2v) is 7.48. The van der Waals surface area contributed by atoms with Gasteiger partial charge in [-0.1, -0.05) is 55.1 Å². The third-order valence-electron chi connectivity index (χ3n) is 4.97. The predicted octanol–water partition coefficient (Wildman–Crippen LogP) is 5.58. The monoisotopic (exact) mass is 434 g/mol. The van der Waals surface area contributed by atoms with Gasteiger partial charge in [-0.3, -0.25) is 0 Å². The molecule has 0 radical (unpaired) electrons. The van der Waals surface area contributed by atoms with E-state index in [1.165, 1.54) is 6.07 Å². The van der Waals surface area contributed by atoms with E-state index in [-0.39, 0.29) is 25.6 Å². The molecular weight excluding hydrogens is 407 g/mol. The molecule has 0 heterocycles. The molecule has 3 aromatic rings. The van der Waals surface area contributed by atoms with E-state index in [0.717, 1.165) is 22.3 Å². The number of hydrogen-bond donors (Lipinski definition) is 1. The van der Waals surface area contributed by atoms with Crippen molar-refractivity contribution in [1.82, 2.24) is 0 Å². The number of carbonyl (C=O) groups is 1. The van der Waals surface area contributed by atoms with E-state index in [0.29, 0.717) is 29.7 Å². The van der Waals surface area contributed by atoms with Crippen molar-refractivity contribution >= 4 is 5.97 Å². The molecule has 3 aromatic carbocycles. The van der Waals surface area contributed by atoms with E-state index in [1.807, 2.05) is 42.5 Å². The average molecular weight is 435 g/mol. The van der Waals surface area contributed by atoms with Crippen LogP contribution in [0.1, 0.15) is 18.9 Å². The Bertz CT molecular complexity index is 1080. The molecule has 5 heteroatoms. The molecule has 166 valence electrons.